The molecule has 1 heterocycles. The van der Waals surface area contributed by atoms with E-state index in [-0.39, 0.29) is 12.5 Å². The molecule has 26 heavy (non-hydrogen) atoms. The van der Waals surface area contributed by atoms with Crippen LogP contribution in [0.4, 0.5) is 5.69 Å². The molecule has 2 aromatic carbocycles. The molecule has 0 bridgehead atoms. The number of likely N-dealkylation sites (N-methyl/N-ethyl adjacent to an activating group) is 1. The number of thioether (sulfide) groups is 1. The number of benzene rings is 2. The fraction of sp³-hybridized carbons (Fsp3) is 0.150. The summed E-state index contributed by atoms with van der Waals surface area (Å²) in [5.41, 5.74) is 1.66. The van der Waals surface area contributed by atoms with E-state index in [1.54, 1.807) is 17.0 Å². The second-order valence-corrected chi connectivity index (χ2v) is 6.42. The second kappa shape index (κ2) is 8.37. The van der Waals surface area contributed by atoms with Gasteiger partial charge in [0.05, 0.1) is 10.6 Å². The smallest absolute Gasteiger partial charge is 0.266 e. The van der Waals surface area contributed by atoms with Crippen molar-refractivity contribution in [1.82, 2.24) is 4.90 Å². The van der Waals surface area contributed by atoms with Crippen LogP contribution in [-0.2, 0) is 4.79 Å². The molecule has 1 saturated heterocycles. The summed E-state index contributed by atoms with van der Waals surface area (Å²) in [6.07, 6.45) is 1.82. The van der Waals surface area contributed by atoms with Crippen LogP contribution >= 0.6 is 11.8 Å². The SMILES string of the molecule is CCN1C(=O)/C(=C\c2cccc(OCC#N)c2)SC1=Nc1ccccc1. The zero-order valence-electron chi connectivity index (χ0n) is 14.3. The molecule has 0 unspecified atom stereocenters. The van der Waals surface area contributed by atoms with Gasteiger partial charge in [-0.2, -0.15) is 5.26 Å². The Kier molecular flexibility index (Phi) is 5.72. The highest BCUT2D eigenvalue weighted by molar-refractivity contribution is 8.18. The molecule has 2 aromatic rings. The van der Waals surface area contributed by atoms with Gasteiger partial charge in [-0.05, 0) is 54.6 Å². The van der Waals surface area contributed by atoms with Crippen molar-refractivity contribution in [3.05, 3.63) is 65.1 Å². The summed E-state index contributed by atoms with van der Waals surface area (Å²) >= 11 is 1.36. The van der Waals surface area contributed by atoms with Crippen LogP contribution in [0.25, 0.3) is 6.08 Å². The molecule has 3 rings (SSSR count). The van der Waals surface area contributed by atoms with Gasteiger partial charge in [0.1, 0.15) is 11.8 Å². The number of amidine groups is 1. The van der Waals surface area contributed by atoms with Gasteiger partial charge in [0.25, 0.3) is 5.91 Å². The van der Waals surface area contributed by atoms with Gasteiger partial charge in [0.2, 0.25) is 0 Å². The monoisotopic (exact) mass is 363 g/mol. The van der Waals surface area contributed by atoms with Gasteiger partial charge in [-0.1, -0.05) is 30.3 Å². The van der Waals surface area contributed by atoms with Gasteiger partial charge in [-0.3, -0.25) is 9.69 Å². The molecule has 0 spiro atoms. The van der Waals surface area contributed by atoms with Crippen molar-refractivity contribution in [3.63, 3.8) is 0 Å². The van der Waals surface area contributed by atoms with E-state index >= 15 is 0 Å². The van der Waals surface area contributed by atoms with Crippen molar-refractivity contribution in [2.24, 2.45) is 4.99 Å². The molecule has 1 aliphatic rings. The first-order chi connectivity index (χ1) is 12.7. The summed E-state index contributed by atoms with van der Waals surface area (Å²) < 4.78 is 5.31. The predicted octanol–water partition coefficient (Wildman–Crippen LogP) is 4.21. The van der Waals surface area contributed by atoms with E-state index in [4.69, 9.17) is 10.00 Å². The summed E-state index contributed by atoms with van der Waals surface area (Å²) in [4.78, 5) is 19.6. The van der Waals surface area contributed by atoms with E-state index in [2.05, 4.69) is 4.99 Å². The number of para-hydroxylation sites is 1. The fourth-order valence-electron chi connectivity index (χ4n) is 2.44. The molecule has 0 N–H and O–H groups in total. The number of nitrogens with zero attached hydrogens (tertiary/aromatic N) is 3. The number of aliphatic imine (C=N–C) groups is 1. The minimum atomic E-state index is -0.0597. The topological polar surface area (TPSA) is 65.7 Å². The van der Waals surface area contributed by atoms with Gasteiger partial charge < -0.3 is 4.74 Å². The van der Waals surface area contributed by atoms with Crippen LogP contribution in [0.1, 0.15) is 12.5 Å². The summed E-state index contributed by atoms with van der Waals surface area (Å²) in [6.45, 7) is 2.48. The van der Waals surface area contributed by atoms with Gasteiger partial charge in [-0.25, -0.2) is 4.99 Å². The number of carbonyl (C=O) groups excluding carboxylic acids is 1. The Balaban J connectivity index is 1.87. The van der Waals surface area contributed by atoms with Crippen LogP contribution in [0, 0.1) is 11.3 Å². The second-order valence-electron chi connectivity index (χ2n) is 5.41. The Hall–Kier alpha value is -3.04. The highest BCUT2D eigenvalue weighted by Gasteiger charge is 2.32. The van der Waals surface area contributed by atoms with Crippen LogP contribution in [0.2, 0.25) is 0 Å². The molecule has 0 atom stereocenters. The van der Waals surface area contributed by atoms with E-state index in [1.165, 1.54) is 11.8 Å². The van der Waals surface area contributed by atoms with Crippen molar-refractivity contribution in [2.75, 3.05) is 13.2 Å². The normalized spacial score (nSPS) is 16.9. The first-order valence-electron chi connectivity index (χ1n) is 8.16. The first-order valence-corrected chi connectivity index (χ1v) is 8.98. The van der Waals surface area contributed by atoms with Crippen molar-refractivity contribution in [3.8, 4) is 11.8 Å². The average molecular weight is 363 g/mol. The quantitative estimate of drug-likeness (QED) is 0.746. The number of hydrogen-bond acceptors (Lipinski definition) is 5. The van der Waals surface area contributed by atoms with Crippen molar-refractivity contribution < 1.29 is 9.53 Å². The molecule has 0 saturated carbocycles. The van der Waals surface area contributed by atoms with E-state index in [0.29, 0.717) is 22.4 Å². The number of hydrogen-bond donors (Lipinski definition) is 0. The lowest BCUT2D eigenvalue weighted by molar-refractivity contribution is -0.122. The maximum Gasteiger partial charge on any atom is 0.266 e. The van der Waals surface area contributed by atoms with Crippen LogP contribution < -0.4 is 4.74 Å². The van der Waals surface area contributed by atoms with Crippen molar-refractivity contribution in [1.29, 1.82) is 5.26 Å². The van der Waals surface area contributed by atoms with Gasteiger partial charge in [-0.15, -0.1) is 0 Å². The summed E-state index contributed by atoms with van der Waals surface area (Å²) in [5, 5.41) is 9.29. The van der Waals surface area contributed by atoms with Crippen molar-refractivity contribution >= 4 is 34.6 Å². The maximum atomic E-state index is 12.7. The highest BCUT2D eigenvalue weighted by Crippen LogP contribution is 2.34. The molecule has 130 valence electrons. The maximum absolute atomic E-state index is 12.7. The number of nitriles is 1. The van der Waals surface area contributed by atoms with Gasteiger partial charge in [0.15, 0.2) is 11.8 Å². The molecule has 0 radical (unpaired) electrons. The first kappa shape index (κ1) is 17.8. The van der Waals surface area contributed by atoms with E-state index < -0.39 is 0 Å². The zero-order valence-corrected chi connectivity index (χ0v) is 15.1. The van der Waals surface area contributed by atoms with Crippen LogP contribution in [0.15, 0.2) is 64.5 Å². The van der Waals surface area contributed by atoms with Crippen LogP contribution in [0.3, 0.4) is 0 Å². The van der Waals surface area contributed by atoms with Gasteiger partial charge >= 0.3 is 0 Å². The Morgan fingerprint density at radius 1 is 1.23 bits per heavy atom. The molecule has 0 aromatic heterocycles. The third kappa shape index (κ3) is 4.13. The van der Waals surface area contributed by atoms with Crippen molar-refractivity contribution in [2.45, 2.75) is 6.92 Å². The summed E-state index contributed by atoms with van der Waals surface area (Å²) in [7, 11) is 0. The Labute approximate surface area is 156 Å². The third-order valence-corrected chi connectivity index (χ3v) is 4.65. The van der Waals surface area contributed by atoms with Crippen LogP contribution in [0.5, 0.6) is 5.75 Å². The molecular weight excluding hydrogens is 346 g/mol. The fourth-order valence-corrected chi connectivity index (χ4v) is 3.51. The Bertz CT molecular complexity index is 901. The average Bonchev–Trinajstić information content (AvgIpc) is 2.95. The molecule has 6 heteroatoms. The number of carbonyl (C=O) groups is 1. The van der Waals surface area contributed by atoms with Gasteiger partial charge in [0, 0.05) is 6.54 Å². The lowest BCUT2D eigenvalue weighted by atomic mass is 10.2. The number of rotatable bonds is 5. The van der Waals surface area contributed by atoms with E-state index in [0.717, 1.165) is 11.3 Å². The number of amides is 1. The lowest BCUT2D eigenvalue weighted by Gasteiger charge is -2.11. The van der Waals surface area contributed by atoms with E-state index in [9.17, 15) is 4.79 Å². The zero-order chi connectivity index (χ0) is 18.4. The lowest BCUT2D eigenvalue weighted by Crippen LogP contribution is -2.28. The molecular formula is C20H17N3O2S. The third-order valence-electron chi connectivity index (χ3n) is 3.64. The molecule has 1 amide bonds. The van der Waals surface area contributed by atoms with Crippen LogP contribution in [-0.4, -0.2) is 29.1 Å². The molecule has 5 nitrogen and oxygen atoms in total. The standard InChI is InChI=1S/C20H17N3O2S/c1-2-23-19(24)18(26-20(23)22-16-8-4-3-5-9-16)14-15-7-6-10-17(13-15)25-12-11-21/h3-10,13-14H,2,12H2,1H3/b18-14+,22-20?. The minimum Gasteiger partial charge on any atom is -0.479 e. The predicted molar refractivity (Wildman–Crippen MR) is 104 cm³/mol. The summed E-state index contributed by atoms with van der Waals surface area (Å²) in [6, 6.07) is 18.8. The highest BCUT2D eigenvalue weighted by atomic mass is 32.2. The van der Waals surface area contributed by atoms with E-state index in [1.807, 2.05) is 61.5 Å². The Morgan fingerprint density at radius 3 is 2.77 bits per heavy atom. The molecule has 1 aliphatic heterocycles. The summed E-state index contributed by atoms with van der Waals surface area (Å²) in [5.74, 6) is 0.539. The number of ether oxygens (including phenoxy) is 1. The molecule has 1 fully saturated rings. The Morgan fingerprint density at radius 2 is 2.04 bits per heavy atom. The molecule has 0 aliphatic carbocycles. The largest absolute Gasteiger partial charge is 0.479 e. The minimum absolute atomic E-state index is 0.00873.